The number of aliphatic hydroxyl groups is 5. The van der Waals surface area contributed by atoms with E-state index in [0.29, 0.717) is 57.9 Å². The second kappa shape index (κ2) is 23.9. The Morgan fingerprint density at radius 2 is 1.68 bits per heavy atom. The van der Waals surface area contributed by atoms with Gasteiger partial charge in [0.15, 0.2) is 6.29 Å². The molecule has 18 atom stereocenters. The summed E-state index contributed by atoms with van der Waals surface area (Å²) in [4.78, 5) is 33.0. The largest absolute Gasteiger partial charge is 0.459 e. The van der Waals surface area contributed by atoms with Gasteiger partial charge in [0.1, 0.15) is 36.6 Å². The van der Waals surface area contributed by atoms with Crippen molar-refractivity contribution in [1.82, 2.24) is 29.7 Å². The molecule has 392 valence electrons. The minimum absolute atomic E-state index is 0.0196. The van der Waals surface area contributed by atoms with Crippen molar-refractivity contribution in [2.75, 3.05) is 67.2 Å². The van der Waals surface area contributed by atoms with Crippen molar-refractivity contribution in [3.05, 3.63) is 11.9 Å². The van der Waals surface area contributed by atoms with Crippen molar-refractivity contribution in [2.45, 2.75) is 198 Å². The number of likely N-dealkylation sites (N-methyl/N-ethyl adjacent to an activating group) is 2. The SMILES string of the molecule is CC[C@H]1OC(=O)[C@H](C)[C@@H](OC[C@H]2C[C@@](C)(OC)[C@@H](O)[C@H](C)O2)[C@H](C)[C@@H](O[C@@H]2O[C@H](C)C[C@H](N(C)CCc3cn(CC(=O)N4CCOCC4)nn3)[C@H]2O)[C@](C)(O)C[C@@H](C)CN(C)[C@H](C)[C@@H](O)[C@]1(C)O. The average molecular weight is 971 g/mol. The molecule has 5 N–H and O–H groups in total. The average Bonchev–Trinajstić information content (AvgIpc) is 3.74. The third kappa shape index (κ3) is 13.5. The van der Waals surface area contributed by atoms with Crippen LogP contribution >= 0.6 is 0 Å². The lowest BCUT2D eigenvalue weighted by molar-refractivity contribution is -0.301. The number of ether oxygens (including phenoxy) is 7. The first-order chi connectivity index (χ1) is 31.8. The van der Waals surface area contributed by atoms with Crippen LogP contribution < -0.4 is 0 Å². The number of cyclic esters (lactones) is 1. The molecule has 4 fully saturated rings. The third-order valence-electron chi connectivity index (χ3n) is 15.3. The molecule has 0 radical (unpaired) electrons. The molecule has 0 bridgehead atoms. The minimum atomic E-state index is -1.82. The van der Waals surface area contributed by atoms with E-state index in [1.165, 1.54) is 14.0 Å². The van der Waals surface area contributed by atoms with Crippen molar-refractivity contribution in [3.8, 4) is 0 Å². The number of nitrogens with zero attached hydrogens (tertiary/aromatic N) is 6. The van der Waals surface area contributed by atoms with Crippen LogP contribution in [0.2, 0.25) is 0 Å². The normalized spacial score (nSPS) is 42.1. The molecule has 0 saturated carbocycles. The Kier molecular flexibility index (Phi) is 19.8. The molecule has 1 amide bonds. The molecule has 0 spiro atoms. The summed E-state index contributed by atoms with van der Waals surface area (Å²) in [5, 5.41) is 67.9. The molecule has 5 rings (SSSR count). The monoisotopic (exact) mass is 971 g/mol. The lowest BCUT2D eigenvalue weighted by Crippen LogP contribution is -2.60. The first-order valence-electron chi connectivity index (χ1n) is 24.8. The first-order valence-corrected chi connectivity index (χ1v) is 24.8. The van der Waals surface area contributed by atoms with Gasteiger partial charge in [0.25, 0.3) is 0 Å². The zero-order valence-electron chi connectivity index (χ0n) is 43.0. The number of carbonyl (C=O) groups excluding carboxylic acids is 2. The molecule has 4 saturated heterocycles. The van der Waals surface area contributed by atoms with Gasteiger partial charge in [-0.25, -0.2) is 4.68 Å². The Labute approximate surface area is 403 Å². The predicted octanol–water partition coefficient (Wildman–Crippen LogP) is 1.01. The number of carbonyl (C=O) groups is 2. The number of methoxy groups -OCH3 is 1. The van der Waals surface area contributed by atoms with Crippen molar-refractivity contribution >= 4 is 11.9 Å². The molecule has 0 unspecified atom stereocenters. The number of hydrogen-bond acceptors (Lipinski definition) is 18. The van der Waals surface area contributed by atoms with E-state index in [1.54, 1.807) is 50.4 Å². The van der Waals surface area contributed by atoms with Crippen molar-refractivity contribution in [2.24, 2.45) is 17.8 Å². The quantitative estimate of drug-likeness (QED) is 0.173. The molecule has 4 aliphatic rings. The Bertz CT molecular complexity index is 1750. The lowest BCUT2D eigenvalue weighted by Gasteiger charge is -2.48. The molecule has 68 heavy (non-hydrogen) atoms. The van der Waals surface area contributed by atoms with E-state index in [4.69, 9.17) is 33.2 Å². The van der Waals surface area contributed by atoms with Gasteiger partial charge in [-0.15, -0.1) is 5.10 Å². The smallest absolute Gasteiger partial charge is 0.311 e. The maximum Gasteiger partial charge on any atom is 0.311 e. The maximum absolute atomic E-state index is 14.4. The van der Waals surface area contributed by atoms with Gasteiger partial charge in [-0.3, -0.25) is 9.59 Å². The van der Waals surface area contributed by atoms with Gasteiger partial charge in [0.2, 0.25) is 5.91 Å². The van der Waals surface area contributed by atoms with Crippen LogP contribution in [-0.2, 0) is 55.7 Å². The van der Waals surface area contributed by atoms with E-state index in [-0.39, 0.29) is 50.3 Å². The zero-order chi connectivity index (χ0) is 50.5. The van der Waals surface area contributed by atoms with Gasteiger partial charge in [-0.05, 0) is 87.7 Å². The minimum Gasteiger partial charge on any atom is -0.459 e. The van der Waals surface area contributed by atoms with E-state index >= 15 is 0 Å². The lowest BCUT2D eigenvalue weighted by atomic mass is 9.77. The highest BCUT2D eigenvalue weighted by Crippen LogP contribution is 2.39. The van der Waals surface area contributed by atoms with Crippen LogP contribution in [0.3, 0.4) is 0 Å². The summed E-state index contributed by atoms with van der Waals surface area (Å²) in [5.74, 6) is -2.70. The summed E-state index contributed by atoms with van der Waals surface area (Å²) in [6.07, 6.45) is -5.82. The zero-order valence-corrected chi connectivity index (χ0v) is 43.0. The molecule has 1 aromatic rings. The number of esters is 1. The Morgan fingerprint density at radius 1 is 1.00 bits per heavy atom. The summed E-state index contributed by atoms with van der Waals surface area (Å²) in [6, 6.07) is -0.998. The van der Waals surface area contributed by atoms with Crippen LogP contribution in [-0.4, -0.2) is 224 Å². The second-order valence-corrected chi connectivity index (χ2v) is 21.2. The maximum atomic E-state index is 14.4. The van der Waals surface area contributed by atoms with Gasteiger partial charge in [0, 0.05) is 70.3 Å². The molecule has 0 aliphatic carbocycles. The highest BCUT2D eigenvalue weighted by atomic mass is 16.7. The third-order valence-corrected chi connectivity index (χ3v) is 15.3. The van der Waals surface area contributed by atoms with Gasteiger partial charge in [0.05, 0.1) is 73.2 Å². The van der Waals surface area contributed by atoms with Gasteiger partial charge in [-0.2, -0.15) is 0 Å². The number of amides is 1. The summed E-state index contributed by atoms with van der Waals surface area (Å²) in [5.41, 5.74) is -3.67. The van der Waals surface area contributed by atoms with Gasteiger partial charge >= 0.3 is 5.97 Å². The number of aliphatic hydroxyl groups excluding tert-OH is 3. The fraction of sp³-hybridized carbons (Fsp3) is 0.917. The Balaban J connectivity index is 1.42. The standard InChI is InChI=1S/C48H86N6O14/c1-14-37-48(10,61)41(57)32(6)52(12)24-28(2)22-46(8,60)43(30(4)40(31(5)44(59)67-37)64-27-35-23-47(9,62-13)42(58)33(7)66-35)68-45-39(56)36(21-29(3)65-45)51(11)16-15-34-25-54(50-49-34)26-38(55)53-17-19-63-20-18-53/h25,28-33,35-37,39-43,45,56-58,60-61H,14-24,26-27H2,1-13H3/t28-,29-,30+,31-,32-,33+,35-,36+,37-,39-,40+,41-,42+,43-,45+,46-,47-,48-/m1/s1. The van der Waals surface area contributed by atoms with Crippen LogP contribution in [0.4, 0.5) is 0 Å². The van der Waals surface area contributed by atoms with E-state index in [0.717, 1.165) is 0 Å². The van der Waals surface area contributed by atoms with Crippen molar-refractivity contribution in [1.29, 1.82) is 0 Å². The van der Waals surface area contributed by atoms with E-state index in [9.17, 15) is 35.1 Å². The molecule has 1 aromatic heterocycles. The van der Waals surface area contributed by atoms with E-state index in [1.807, 2.05) is 51.6 Å². The number of hydrogen-bond donors (Lipinski definition) is 5. The number of morpholine rings is 1. The Morgan fingerprint density at radius 3 is 2.32 bits per heavy atom. The second-order valence-electron chi connectivity index (χ2n) is 21.2. The Hall–Kier alpha value is -2.44. The van der Waals surface area contributed by atoms with Crippen LogP contribution in [0.1, 0.15) is 101 Å². The van der Waals surface area contributed by atoms with Gasteiger partial charge < -0.3 is 73.4 Å². The molecular formula is C48H86N6O14. The first kappa shape index (κ1) is 56.5. The fourth-order valence-corrected chi connectivity index (χ4v) is 11.0. The highest BCUT2D eigenvalue weighted by molar-refractivity contribution is 5.76. The molecule has 4 aliphatic heterocycles. The highest BCUT2D eigenvalue weighted by Gasteiger charge is 2.52. The van der Waals surface area contributed by atoms with Crippen LogP contribution in [0.15, 0.2) is 6.20 Å². The molecule has 5 heterocycles. The summed E-state index contributed by atoms with van der Waals surface area (Å²) >= 11 is 0. The van der Waals surface area contributed by atoms with Crippen molar-refractivity contribution < 1.29 is 68.3 Å². The summed E-state index contributed by atoms with van der Waals surface area (Å²) < 4.78 is 45.0. The van der Waals surface area contributed by atoms with E-state index < -0.39 is 102 Å². The van der Waals surface area contributed by atoms with Crippen LogP contribution in [0.25, 0.3) is 0 Å². The molecule has 20 heteroatoms. The van der Waals surface area contributed by atoms with Crippen LogP contribution in [0.5, 0.6) is 0 Å². The number of aromatic nitrogens is 3. The van der Waals surface area contributed by atoms with Gasteiger partial charge in [-0.1, -0.05) is 26.0 Å². The molecular weight excluding hydrogens is 885 g/mol. The topological polar surface area (TPSA) is 240 Å². The number of rotatable bonds is 13. The van der Waals surface area contributed by atoms with Crippen LogP contribution in [0, 0.1) is 17.8 Å². The molecule has 20 nitrogen and oxygen atoms in total. The van der Waals surface area contributed by atoms with Crippen molar-refractivity contribution in [3.63, 3.8) is 0 Å². The molecule has 0 aromatic carbocycles. The van der Waals surface area contributed by atoms with E-state index in [2.05, 4.69) is 10.3 Å². The fourth-order valence-electron chi connectivity index (χ4n) is 11.0. The summed E-state index contributed by atoms with van der Waals surface area (Å²) in [7, 11) is 5.29. The predicted molar refractivity (Wildman–Crippen MR) is 249 cm³/mol. The summed E-state index contributed by atoms with van der Waals surface area (Å²) in [6.45, 7) is 20.8.